The summed E-state index contributed by atoms with van der Waals surface area (Å²) in [6.45, 7) is 2.09. The van der Waals surface area contributed by atoms with Crippen molar-refractivity contribution in [2.75, 3.05) is 19.6 Å². The number of hydrogen-bond acceptors (Lipinski definition) is 2. The van der Waals surface area contributed by atoms with Gasteiger partial charge in [0.2, 0.25) is 0 Å². The third kappa shape index (κ3) is 0.847. The Bertz CT molecular complexity index is 128. The van der Waals surface area contributed by atoms with Gasteiger partial charge in [0.1, 0.15) is 0 Å². The highest BCUT2D eigenvalue weighted by molar-refractivity contribution is 5.04. The van der Waals surface area contributed by atoms with Gasteiger partial charge in [0.05, 0.1) is 0 Å². The number of hydrogen-bond donors (Lipinski definition) is 2. The summed E-state index contributed by atoms with van der Waals surface area (Å²) >= 11 is 0. The van der Waals surface area contributed by atoms with Crippen molar-refractivity contribution in [3.8, 4) is 0 Å². The molecular formula is C7H13FN2. The maximum atomic E-state index is 13.5. The Morgan fingerprint density at radius 1 is 1.40 bits per heavy atom. The molecule has 0 aromatic rings. The summed E-state index contributed by atoms with van der Waals surface area (Å²) in [7, 11) is 0. The fraction of sp³-hybridized carbons (Fsp3) is 1.00. The maximum absolute atomic E-state index is 13.5. The second kappa shape index (κ2) is 2.17. The molecular weight excluding hydrogens is 131 g/mol. The second-order valence-corrected chi connectivity index (χ2v) is 3.29. The van der Waals surface area contributed by atoms with Crippen molar-refractivity contribution in [2.24, 2.45) is 0 Å². The summed E-state index contributed by atoms with van der Waals surface area (Å²) in [5.41, 5.74) is -0.920. The predicted molar refractivity (Wildman–Crippen MR) is 37.7 cm³/mol. The molecule has 0 aromatic carbocycles. The minimum absolute atomic E-state index is 0.133. The van der Waals surface area contributed by atoms with E-state index < -0.39 is 5.67 Å². The summed E-state index contributed by atoms with van der Waals surface area (Å²) in [5, 5.41) is 6.15. The van der Waals surface area contributed by atoms with Crippen LogP contribution in [-0.2, 0) is 0 Å². The largest absolute Gasteiger partial charge is 0.311 e. The van der Waals surface area contributed by atoms with Gasteiger partial charge in [-0.05, 0) is 19.4 Å². The molecule has 10 heavy (non-hydrogen) atoms. The van der Waals surface area contributed by atoms with Crippen LogP contribution in [0.1, 0.15) is 12.8 Å². The van der Waals surface area contributed by atoms with E-state index in [9.17, 15) is 4.39 Å². The minimum atomic E-state index is -0.920. The fourth-order valence-corrected chi connectivity index (χ4v) is 1.74. The van der Waals surface area contributed by atoms with Crippen molar-refractivity contribution in [2.45, 2.75) is 24.6 Å². The molecule has 2 nitrogen and oxygen atoms in total. The molecule has 2 rings (SSSR count). The van der Waals surface area contributed by atoms with Gasteiger partial charge in [-0.1, -0.05) is 0 Å². The molecule has 0 aromatic heterocycles. The minimum Gasteiger partial charge on any atom is -0.311 e. The van der Waals surface area contributed by atoms with Crippen LogP contribution in [0.3, 0.4) is 0 Å². The summed E-state index contributed by atoms with van der Waals surface area (Å²) in [6, 6.07) is 0.133. The summed E-state index contributed by atoms with van der Waals surface area (Å²) < 4.78 is 13.5. The molecule has 2 aliphatic heterocycles. The molecule has 1 atom stereocenters. The molecule has 0 spiro atoms. The van der Waals surface area contributed by atoms with Crippen molar-refractivity contribution in [3.63, 3.8) is 0 Å². The van der Waals surface area contributed by atoms with Crippen LogP contribution < -0.4 is 10.6 Å². The van der Waals surface area contributed by atoms with Gasteiger partial charge in [-0.3, -0.25) is 0 Å². The predicted octanol–water partition coefficient (Wildman–Crippen LogP) is 0.0499. The van der Waals surface area contributed by atoms with Crippen LogP contribution in [0.2, 0.25) is 0 Å². The highest BCUT2D eigenvalue weighted by Gasteiger charge is 2.45. The van der Waals surface area contributed by atoms with Crippen molar-refractivity contribution in [3.05, 3.63) is 0 Å². The average molecular weight is 144 g/mol. The first-order valence-electron chi connectivity index (χ1n) is 3.94. The number of halogens is 1. The van der Waals surface area contributed by atoms with Crippen molar-refractivity contribution in [1.29, 1.82) is 0 Å². The van der Waals surface area contributed by atoms with E-state index in [-0.39, 0.29) is 6.04 Å². The van der Waals surface area contributed by atoms with E-state index in [1.165, 1.54) is 0 Å². The summed E-state index contributed by atoms with van der Waals surface area (Å²) in [5.74, 6) is 0. The zero-order valence-electron chi connectivity index (χ0n) is 5.99. The third-order valence-corrected chi connectivity index (χ3v) is 2.52. The lowest BCUT2D eigenvalue weighted by molar-refractivity contribution is 0.0526. The molecule has 0 saturated carbocycles. The SMILES string of the molecule is FC1(C2CCCN2)CNC1. The quantitative estimate of drug-likeness (QED) is 0.543. The van der Waals surface area contributed by atoms with E-state index in [0.29, 0.717) is 13.1 Å². The van der Waals surface area contributed by atoms with E-state index >= 15 is 0 Å². The van der Waals surface area contributed by atoms with Crippen LogP contribution in [0, 0.1) is 0 Å². The number of nitrogens with one attached hydrogen (secondary N) is 2. The lowest BCUT2D eigenvalue weighted by Crippen LogP contribution is -2.65. The standard InChI is InChI=1S/C7H13FN2/c8-7(4-9-5-7)6-2-1-3-10-6/h6,9-10H,1-5H2. The molecule has 2 aliphatic rings. The Labute approximate surface area is 60.2 Å². The molecule has 2 saturated heterocycles. The second-order valence-electron chi connectivity index (χ2n) is 3.29. The smallest absolute Gasteiger partial charge is 0.150 e. The Kier molecular flexibility index (Phi) is 1.42. The van der Waals surface area contributed by atoms with E-state index in [1.54, 1.807) is 0 Å². The highest BCUT2D eigenvalue weighted by atomic mass is 19.1. The Morgan fingerprint density at radius 2 is 2.20 bits per heavy atom. The number of rotatable bonds is 1. The molecule has 2 heterocycles. The van der Waals surface area contributed by atoms with E-state index in [1.807, 2.05) is 0 Å². The van der Waals surface area contributed by atoms with Crippen LogP contribution in [0.25, 0.3) is 0 Å². The zero-order valence-corrected chi connectivity index (χ0v) is 5.99. The van der Waals surface area contributed by atoms with E-state index in [0.717, 1.165) is 19.4 Å². The van der Waals surface area contributed by atoms with Crippen LogP contribution in [-0.4, -0.2) is 31.3 Å². The van der Waals surface area contributed by atoms with Gasteiger partial charge in [0.25, 0.3) is 0 Å². The van der Waals surface area contributed by atoms with Crippen LogP contribution in [0.15, 0.2) is 0 Å². The van der Waals surface area contributed by atoms with Gasteiger partial charge in [0.15, 0.2) is 5.67 Å². The summed E-state index contributed by atoms with van der Waals surface area (Å²) in [4.78, 5) is 0. The van der Waals surface area contributed by atoms with Gasteiger partial charge in [0, 0.05) is 19.1 Å². The van der Waals surface area contributed by atoms with Crippen molar-refractivity contribution >= 4 is 0 Å². The normalized spacial score (nSPS) is 37.5. The first-order valence-corrected chi connectivity index (χ1v) is 3.94. The molecule has 0 amide bonds. The van der Waals surface area contributed by atoms with Gasteiger partial charge in [-0.25, -0.2) is 4.39 Å². The van der Waals surface area contributed by atoms with Gasteiger partial charge in [-0.2, -0.15) is 0 Å². The van der Waals surface area contributed by atoms with Gasteiger partial charge < -0.3 is 10.6 Å². The topological polar surface area (TPSA) is 24.1 Å². The zero-order chi connectivity index (χ0) is 7.03. The maximum Gasteiger partial charge on any atom is 0.150 e. The lowest BCUT2D eigenvalue weighted by Gasteiger charge is -2.39. The number of alkyl halides is 1. The third-order valence-electron chi connectivity index (χ3n) is 2.52. The summed E-state index contributed by atoms with van der Waals surface area (Å²) in [6.07, 6.45) is 2.15. The van der Waals surface area contributed by atoms with Crippen molar-refractivity contribution < 1.29 is 4.39 Å². The van der Waals surface area contributed by atoms with Gasteiger partial charge >= 0.3 is 0 Å². The average Bonchev–Trinajstić information content (AvgIpc) is 2.33. The molecule has 2 fully saturated rings. The first-order chi connectivity index (χ1) is 4.81. The van der Waals surface area contributed by atoms with Gasteiger partial charge in [-0.15, -0.1) is 0 Å². The van der Waals surface area contributed by atoms with Crippen molar-refractivity contribution in [1.82, 2.24) is 10.6 Å². The first kappa shape index (κ1) is 6.55. The molecule has 0 radical (unpaired) electrons. The lowest BCUT2D eigenvalue weighted by atomic mass is 9.89. The fourth-order valence-electron chi connectivity index (χ4n) is 1.74. The van der Waals surface area contributed by atoms with Crippen LogP contribution in [0.4, 0.5) is 4.39 Å². The molecule has 1 unspecified atom stereocenters. The molecule has 2 N–H and O–H groups in total. The monoisotopic (exact) mass is 144 g/mol. The van der Waals surface area contributed by atoms with E-state index in [4.69, 9.17) is 0 Å². The van der Waals surface area contributed by atoms with Crippen LogP contribution in [0.5, 0.6) is 0 Å². The Morgan fingerprint density at radius 3 is 2.60 bits per heavy atom. The Balaban J connectivity index is 1.96. The molecule has 0 bridgehead atoms. The van der Waals surface area contributed by atoms with E-state index in [2.05, 4.69) is 10.6 Å². The Hall–Kier alpha value is -0.150. The molecule has 58 valence electrons. The van der Waals surface area contributed by atoms with Crippen LogP contribution >= 0.6 is 0 Å². The molecule has 3 heteroatoms. The highest BCUT2D eigenvalue weighted by Crippen LogP contribution is 2.26. The molecule has 0 aliphatic carbocycles.